The van der Waals surface area contributed by atoms with Crippen molar-refractivity contribution < 1.29 is 0 Å². The van der Waals surface area contributed by atoms with E-state index in [4.69, 9.17) is 0 Å². The Kier molecular flexibility index (Phi) is 5.96. The molecule has 0 radical (unpaired) electrons. The molecule has 0 bridgehead atoms. The lowest BCUT2D eigenvalue weighted by molar-refractivity contribution is 0.380. The summed E-state index contributed by atoms with van der Waals surface area (Å²) in [5.74, 6) is 3.63. The molecule has 0 aliphatic carbocycles. The van der Waals surface area contributed by atoms with E-state index in [-0.39, 0.29) is 0 Å². The lowest BCUT2D eigenvalue weighted by atomic mass is 10.1. The largest absolute Gasteiger partial charge is 0.349 e. The minimum Gasteiger partial charge on any atom is -0.349 e. The van der Waals surface area contributed by atoms with Crippen LogP contribution >= 0.6 is 11.8 Å². The lowest BCUT2D eigenvalue weighted by Gasteiger charge is -2.36. The summed E-state index contributed by atoms with van der Waals surface area (Å²) in [6, 6.07) is 10.1. The number of para-hydroxylation sites is 1. The van der Waals surface area contributed by atoms with E-state index in [0.717, 1.165) is 36.3 Å². The smallest absolute Gasteiger partial charge is 0.194 e. The topological polar surface area (TPSA) is 58.3 Å². The Labute approximate surface area is 153 Å². The maximum atomic E-state index is 4.47. The van der Waals surface area contributed by atoms with Gasteiger partial charge in [-0.1, -0.05) is 32.0 Å². The normalized spacial score (nSPS) is 18.6. The second kappa shape index (κ2) is 8.38. The third kappa shape index (κ3) is 4.34. The summed E-state index contributed by atoms with van der Waals surface area (Å²) in [5, 5.41) is 12.4. The minimum absolute atomic E-state index is 0.595. The van der Waals surface area contributed by atoms with Gasteiger partial charge in [-0.25, -0.2) is 0 Å². The fourth-order valence-electron chi connectivity index (χ4n) is 2.95. The summed E-state index contributed by atoms with van der Waals surface area (Å²) in [5.41, 5.74) is 1.06. The minimum atomic E-state index is 0.595. The number of aliphatic imine (C=N–C) groups is 1. The first-order valence-corrected chi connectivity index (χ1v) is 9.75. The molecular weight excluding hydrogens is 332 g/mol. The van der Waals surface area contributed by atoms with Gasteiger partial charge < -0.3 is 10.2 Å². The molecule has 7 heteroatoms. The fraction of sp³-hybridized carbons (Fsp3) is 0.500. The SMILES string of the molecule is CN=C(NCc1nncn1-c1ccccc1)N1CCSC(C(C)C)C1. The maximum absolute atomic E-state index is 4.47. The van der Waals surface area contributed by atoms with Crippen molar-refractivity contribution in [2.24, 2.45) is 10.9 Å². The Morgan fingerprint density at radius 1 is 1.36 bits per heavy atom. The van der Waals surface area contributed by atoms with Gasteiger partial charge in [-0.2, -0.15) is 11.8 Å². The molecule has 2 aromatic rings. The molecule has 1 fully saturated rings. The zero-order valence-electron chi connectivity index (χ0n) is 15.1. The number of aromatic nitrogens is 3. The maximum Gasteiger partial charge on any atom is 0.194 e. The molecule has 3 rings (SSSR count). The lowest BCUT2D eigenvalue weighted by Crippen LogP contribution is -2.48. The zero-order valence-corrected chi connectivity index (χ0v) is 15.9. The molecule has 1 saturated heterocycles. The van der Waals surface area contributed by atoms with Gasteiger partial charge in [0, 0.05) is 36.8 Å². The predicted molar refractivity (Wildman–Crippen MR) is 104 cm³/mol. The van der Waals surface area contributed by atoms with Crippen LogP contribution in [0.4, 0.5) is 0 Å². The van der Waals surface area contributed by atoms with Gasteiger partial charge in [-0.05, 0) is 18.1 Å². The molecule has 1 atom stereocenters. The third-order valence-corrected chi connectivity index (χ3v) is 5.95. The highest BCUT2D eigenvalue weighted by atomic mass is 32.2. The van der Waals surface area contributed by atoms with E-state index < -0.39 is 0 Å². The first-order chi connectivity index (χ1) is 12.2. The summed E-state index contributed by atoms with van der Waals surface area (Å²) >= 11 is 2.07. The molecule has 0 saturated carbocycles. The van der Waals surface area contributed by atoms with Crippen molar-refractivity contribution >= 4 is 17.7 Å². The monoisotopic (exact) mass is 358 g/mol. The molecule has 1 unspecified atom stereocenters. The van der Waals surface area contributed by atoms with E-state index in [1.165, 1.54) is 0 Å². The highest BCUT2D eigenvalue weighted by molar-refractivity contribution is 8.00. The second-order valence-electron chi connectivity index (χ2n) is 6.45. The number of nitrogens with zero attached hydrogens (tertiary/aromatic N) is 5. The summed E-state index contributed by atoms with van der Waals surface area (Å²) in [6.07, 6.45) is 1.75. The van der Waals surface area contributed by atoms with Crippen LogP contribution in [-0.4, -0.2) is 56.8 Å². The van der Waals surface area contributed by atoms with Crippen LogP contribution in [0.2, 0.25) is 0 Å². The van der Waals surface area contributed by atoms with Crippen LogP contribution in [0.1, 0.15) is 19.7 Å². The Morgan fingerprint density at radius 3 is 2.88 bits per heavy atom. The average molecular weight is 359 g/mol. The molecule has 1 N–H and O–H groups in total. The summed E-state index contributed by atoms with van der Waals surface area (Å²) < 4.78 is 2.00. The van der Waals surface area contributed by atoms with E-state index >= 15 is 0 Å². The molecule has 0 amide bonds. The molecule has 0 spiro atoms. The van der Waals surface area contributed by atoms with Crippen molar-refractivity contribution in [3.05, 3.63) is 42.5 Å². The van der Waals surface area contributed by atoms with Gasteiger partial charge in [-0.15, -0.1) is 10.2 Å². The molecule has 25 heavy (non-hydrogen) atoms. The van der Waals surface area contributed by atoms with Gasteiger partial charge in [0.05, 0.1) is 6.54 Å². The molecular formula is C18H26N6S. The summed E-state index contributed by atoms with van der Waals surface area (Å²) in [4.78, 5) is 6.82. The zero-order chi connectivity index (χ0) is 17.6. The van der Waals surface area contributed by atoms with Crippen LogP contribution in [0.15, 0.2) is 41.7 Å². The van der Waals surface area contributed by atoms with E-state index in [0.29, 0.717) is 17.7 Å². The van der Waals surface area contributed by atoms with E-state index in [1.54, 1.807) is 6.33 Å². The number of hydrogen-bond acceptors (Lipinski definition) is 4. The van der Waals surface area contributed by atoms with E-state index in [1.807, 2.05) is 29.8 Å². The number of rotatable bonds is 4. The summed E-state index contributed by atoms with van der Waals surface area (Å²) in [7, 11) is 1.84. The van der Waals surface area contributed by atoms with Gasteiger partial charge in [-0.3, -0.25) is 9.56 Å². The van der Waals surface area contributed by atoms with Gasteiger partial charge >= 0.3 is 0 Å². The van der Waals surface area contributed by atoms with Crippen molar-refractivity contribution in [3.63, 3.8) is 0 Å². The quantitative estimate of drug-likeness (QED) is 0.672. The van der Waals surface area contributed by atoms with Crippen LogP contribution in [0.25, 0.3) is 5.69 Å². The van der Waals surface area contributed by atoms with Crippen LogP contribution in [0.3, 0.4) is 0 Å². The van der Waals surface area contributed by atoms with Gasteiger partial charge in [0.2, 0.25) is 0 Å². The highest BCUT2D eigenvalue weighted by Gasteiger charge is 2.25. The van der Waals surface area contributed by atoms with Crippen LogP contribution in [-0.2, 0) is 6.54 Å². The third-order valence-electron chi connectivity index (χ3n) is 4.41. The molecule has 1 aromatic carbocycles. The van der Waals surface area contributed by atoms with Crippen molar-refractivity contribution in [1.82, 2.24) is 25.0 Å². The predicted octanol–water partition coefficient (Wildman–Crippen LogP) is 2.42. The van der Waals surface area contributed by atoms with Crippen molar-refractivity contribution in [2.45, 2.75) is 25.6 Å². The number of hydrogen-bond donors (Lipinski definition) is 1. The first kappa shape index (κ1) is 17.8. The van der Waals surface area contributed by atoms with Crippen LogP contribution < -0.4 is 5.32 Å². The average Bonchev–Trinajstić information content (AvgIpc) is 3.12. The Hall–Kier alpha value is -2.02. The number of thioether (sulfide) groups is 1. The molecule has 1 aromatic heterocycles. The summed E-state index contributed by atoms with van der Waals surface area (Å²) in [6.45, 7) is 7.24. The van der Waals surface area contributed by atoms with Gasteiger partial charge in [0.15, 0.2) is 11.8 Å². The first-order valence-electron chi connectivity index (χ1n) is 8.70. The fourth-order valence-corrected chi connectivity index (χ4v) is 4.24. The van der Waals surface area contributed by atoms with Crippen molar-refractivity contribution in [3.8, 4) is 5.69 Å². The van der Waals surface area contributed by atoms with Crippen LogP contribution in [0, 0.1) is 5.92 Å². The molecule has 6 nitrogen and oxygen atoms in total. The standard InChI is InChI=1S/C18H26N6S/c1-14(2)16-12-23(9-10-25-16)18(19-3)20-11-17-22-21-13-24(17)15-7-5-4-6-8-15/h4-8,13-14,16H,9-12H2,1-3H3,(H,19,20). The Bertz CT molecular complexity index is 697. The van der Waals surface area contributed by atoms with E-state index in [2.05, 4.69) is 63.1 Å². The highest BCUT2D eigenvalue weighted by Crippen LogP contribution is 2.24. The van der Waals surface area contributed by atoms with E-state index in [9.17, 15) is 0 Å². The number of guanidine groups is 1. The van der Waals surface area contributed by atoms with Gasteiger partial charge in [0.1, 0.15) is 6.33 Å². The molecule has 1 aliphatic heterocycles. The van der Waals surface area contributed by atoms with Crippen molar-refractivity contribution in [1.29, 1.82) is 0 Å². The van der Waals surface area contributed by atoms with Crippen molar-refractivity contribution in [2.75, 3.05) is 25.9 Å². The molecule has 134 valence electrons. The number of benzene rings is 1. The Balaban J connectivity index is 1.66. The molecule has 2 heterocycles. The second-order valence-corrected chi connectivity index (χ2v) is 7.80. The Morgan fingerprint density at radius 2 is 2.16 bits per heavy atom. The number of nitrogens with one attached hydrogen (secondary N) is 1. The molecule has 1 aliphatic rings. The van der Waals surface area contributed by atoms with Crippen LogP contribution in [0.5, 0.6) is 0 Å². The van der Waals surface area contributed by atoms with Gasteiger partial charge in [0.25, 0.3) is 0 Å².